The Labute approximate surface area is 207 Å². The monoisotopic (exact) mass is 524 g/mol. The van der Waals surface area contributed by atoms with E-state index in [-0.39, 0.29) is 5.56 Å². The quantitative estimate of drug-likeness (QED) is 0.226. The second-order valence-corrected chi connectivity index (χ2v) is 9.51. The van der Waals surface area contributed by atoms with E-state index in [2.05, 4.69) is 41.9 Å². The van der Waals surface area contributed by atoms with Crippen molar-refractivity contribution in [1.82, 2.24) is 9.55 Å². The lowest BCUT2D eigenvalue weighted by Crippen LogP contribution is -2.23. The second-order valence-electron chi connectivity index (χ2n) is 8.22. The van der Waals surface area contributed by atoms with Crippen LogP contribution < -0.4 is 10.3 Å². The van der Waals surface area contributed by atoms with Crippen LogP contribution in [0.5, 0.6) is 5.75 Å². The summed E-state index contributed by atoms with van der Waals surface area (Å²) in [6.45, 7) is 5.37. The van der Waals surface area contributed by atoms with E-state index in [1.165, 1.54) is 5.56 Å². The van der Waals surface area contributed by atoms with Crippen LogP contribution in [0.15, 0.2) is 69.9 Å². The molecule has 170 valence electrons. The van der Waals surface area contributed by atoms with Gasteiger partial charge in [0.15, 0.2) is 0 Å². The van der Waals surface area contributed by atoms with Crippen LogP contribution in [0.2, 0.25) is 5.02 Å². The van der Waals surface area contributed by atoms with Crippen molar-refractivity contribution in [2.24, 2.45) is 0 Å². The van der Waals surface area contributed by atoms with Crippen LogP contribution >= 0.6 is 27.5 Å². The normalized spacial score (nSPS) is 11.2. The summed E-state index contributed by atoms with van der Waals surface area (Å²) in [6, 6.07) is 19.1. The molecule has 0 amide bonds. The first-order valence-corrected chi connectivity index (χ1v) is 12.3. The Morgan fingerprint density at radius 2 is 1.76 bits per heavy atom. The van der Waals surface area contributed by atoms with Crippen LogP contribution in [-0.2, 0) is 6.54 Å². The number of aryl methyl sites for hydroxylation is 2. The number of rotatable bonds is 8. The van der Waals surface area contributed by atoms with Crippen molar-refractivity contribution in [3.63, 3.8) is 0 Å². The molecule has 4 nitrogen and oxygen atoms in total. The molecule has 0 spiro atoms. The Morgan fingerprint density at radius 1 is 1.00 bits per heavy atom. The van der Waals surface area contributed by atoms with E-state index in [1.807, 2.05) is 48.5 Å². The zero-order valence-corrected chi connectivity index (χ0v) is 21.1. The summed E-state index contributed by atoms with van der Waals surface area (Å²) in [4.78, 5) is 18.1. The summed E-state index contributed by atoms with van der Waals surface area (Å²) in [5.74, 6) is 1.58. The number of fused-ring (bicyclic) bond motifs is 1. The number of unbranched alkanes of at least 4 members (excludes halogenated alkanes) is 2. The molecule has 1 heterocycles. The van der Waals surface area contributed by atoms with Gasteiger partial charge in [-0.3, -0.25) is 9.36 Å². The highest BCUT2D eigenvalue weighted by Gasteiger charge is 2.13. The maximum absolute atomic E-state index is 13.3. The van der Waals surface area contributed by atoms with Crippen LogP contribution in [0.4, 0.5) is 0 Å². The lowest BCUT2D eigenvalue weighted by molar-refractivity contribution is 0.300. The summed E-state index contributed by atoms with van der Waals surface area (Å²) in [5, 5.41) is 1.29. The summed E-state index contributed by atoms with van der Waals surface area (Å²) < 4.78 is 8.79. The molecule has 0 bridgehead atoms. The highest BCUT2D eigenvalue weighted by atomic mass is 79.9. The van der Waals surface area contributed by atoms with Gasteiger partial charge in [-0.25, -0.2) is 4.98 Å². The minimum atomic E-state index is -0.0130. The smallest absolute Gasteiger partial charge is 0.261 e. The number of hydrogen-bond donors (Lipinski definition) is 0. The fourth-order valence-electron chi connectivity index (χ4n) is 4.00. The fraction of sp³-hybridized carbons (Fsp3) is 0.259. The minimum absolute atomic E-state index is 0.0130. The zero-order chi connectivity index (χ0) is 23.4. The molecule has 0 radical (unpaired) electrons. The van der Waals surface area contributed by atoms with Gasteiger partial charge < -0.3 is 4.74 Å². The fourth-order valence-corrected chi connectivity index (χ4v) is 4.92. The van der Waals surface area contributed by atoms with Crippen molar-refractivity contribution < 1.29 is 4.74 Å². The van der Waals surface area contributed by atoms with E-state index < -0.39 is 0 Å². The molecule has 0 saturated carbocycles. The molecule has 4 aromatic rings. The van der Waals surface area contributed by atoms with Crippen molar-refractivity contribution in [3.8, 4) is 17.1 Å². The molecule has 33 heavy (non-hydrogen) atoms. The van der Waals surface area contributed by atoms with E-state index >= 15 is 0 Å². The van der Waals surface area contributed by atoms with Gasteiger partial charge in [-0.2, -0.15) is 0 Å². The number of halogens is 2. The first-order valence-electron chi connectivity index (χ1n) is 11.1. The van der Waals surface area contributed by atoms with Crippen molar-refractivity contribution in [2.75, 3.05) is 6.61 Å². The Hall–Kier alpha value is -2.63. The Morgan fingerprint density at radius 3 is 2.52 bits per heavy atom. The van der Waals surface area contributed by atoms with E-state index in [1.54, 1.807) is 4.57 Å². The first kappa shape index (κ1) is 23.5. The van der Waals surface area contributed by atoms with E-state index in [0.717, 1.165) is 40.6 Å². The molecule has 0 aliphatic carbocycles. The average molecular weight is 526 g/mol. The molecule has 0 N–H and O–H groups in total. The summed E-state index contributed by atoms with van der Waals surface area (Å²) >= 11 is 9.66. The van der Waals surface area contributed by atoms with Gasteiger partial charge in [0.25, 0.3) is 5.56 Å². The predicted octanol–water partition coefficient (Wildman–Crippen LogP) is 7.35. The van der Waals surface area contributed by atoms with Crippen molar-refractivity contribution in [1.29, 1.82) is 0 Å². The van der Waals surface area contributed by atoms with E-state index in [4.69, 9.17) is 21.3 Å². The van der Waals surface area contributed by atoms with Crippen molar-refractivity contribution in [2.45, 2.75) is 39.7 Å². The molecule has 0 atom stereocenters. The SMILES string of the molecule is Cc1cc(C)c(OCCCCCn2c(-c3ccc(Cl)cc3)nc3ccccc3c2=O)c(Br)c1. The second kappa shape index (κ2) is 10.5. The summed E-state index contributed by atoms with van der Waals surface area (Å²) in [7, 11) is 0. The Balaban J connectivity index is 1.46. The Kier molecular flexibility index (Phi) is 7.51. The first-order chi connectivity index (χ1) is 15.9. The molecule has 0 unspecified atom stereocenters. The van der Waals surface area contributed by atoms with Gasteiger partial charge in [-0.1, -0.05) is 29.8 Å². The van der Waals surface area contributed by atoms with Crippen LogP contribution in [0.3, 0.4) is 0 Å². The minimum Gasteiger partial charge on any atom is -0.492 e. The number of para-hydroxylation sites is 1. The zero-order valence-electron chi connectivity index (χ0n) is 18.8. The van der Waals surface area contributed by atoms with E-state index in [9.17, 15) is 4.79 Å². The summed E-state index contributed by atoms with van der Waals surface area (Å²) in [6.07, 6.45) is 2.71. The Bertz CT molecular complexity index is 1310. The number of aromatic nitrogens is 2. The maximum atomic E-state index is 13.3. The molecular formula is C27H26BrClN2O2. The molecular weight excluding hydrogens is 500 g/mol. The lowest BCUT2D eigenvalue weighted by atomic mass is 10.1. The predicted molar refractivity (Wildman–Crippen MR) is 139 cm³/mol. The molecule has 1 aromatic heterocycles. The topological polar surface area (TPSA) is 44.1 Å². The van der Waals surface area contributed by atoms with Crippen molar-refractivity contribution >= 4 is 38.4 Å². The number of hydrogen-bond acceptors (Lipinski definition) is 3. The van der Waals surface area contributed by atoms with Gasteiger partial charge in [0.1, 0.15) is 11.6 Å². The van der Waals surface area contributed by atoms with Gasteiger partial charge in [0.2, 0.25) is 0 Å². The maximum Gasteiger partial charge on any atom is 0.261 e. The van der Waals surface area contributed by atoms with Gasteiger partial charge in [0, 0.05) is 17.1 Å². The van der Waals surface area contributed by atoms with Crippen LogP contribution in [0.1, 0.15) is 30.4 Å². The molecule has 0 saturated heterocycles. The molecule has 0 fully saturated rings. The van der Waals surface area contributed by atoms with Crippen LogP contribution in [-0.4, -0.2) is 16.2 Å². The number of benzene rings is 3. The standard InChI is InChI=1S/C27H26BrClN2O2/c1-18-16-19(2)25(23(28)17-18)33-15-7-3-6-14-31-26(20-10-12-21(29)13-11-20)30-24-9-5-4-8-22(24)27(31)32/h4-5,8-13,16-17H,3,6-7,14-15H2,1-2H3. The largest absolute Gasteiger partial charge is 0.492 e. The van der Waals surface area contributed by atoms with Gasteiger partial charge in [-0.15, -0.1) is 0 Å². The van der Waals surface area contributed by atoms with Crippen LogP contribution in [0.25, 0.3) is 22.3 Å². The highest BCUT2D eigenvalue weighted by Crippen LogP contribution is 2.30. The molecule has 6 heteroatoms. The third kappa shape index (κ3) is 5.48. The average Bonchev–Trinajstić information content (AvgIpc) is 2.79. The molecule has 0 aliphatic rings. The third-order valence-electron chi connectivity index (χ3n) is 5.61. The highest BCUT2D eigenvalue weighted by molar-refractivity contribution is 9.10. The third-order valence-corrected chi connectivity index (χ3v) is 6.45. The number of ether oxygens (including phenoxy) is 1. The van der Waals surface area contributed by atoms with Gasteiger partial charge in [0.05, 0.1) is 22.0 Å². The van der Waals surface area contributed by atoms with E-state index in [0.29, 0.717) is 34.9 Å². The van der Waals surface area contributed by atoms with Gasteiger partial charge >= 0.3 is 0 Å². The lowest BCUT2D eigenvalue weighted by Gasteiger charge is -2.14. The van der Waals surface area contributed by atoms with Crippen molar-refractivity contribution in [3.05, 3.63) is 91.6 Å². The van der Waals surface area contributed by atoms with Crippen LogP contribution in [0, 0.1) is 13.8 Å². The number of nitrogens with zero attached hydrogens (tertiary/aromatic N) is 2. The molecule has 3 aromatic carbocycles. The molecule has 0 aliphatic heterocycles. The molecule has 4 rings (SSSR count). The van der Waals surface area contributed by atoms with Gasteiger partial charge in [-0.05, 0) is 103 Å². The summed E-state index contributed by atoms with van der Waals surface area (Å²) in [5.41, 5.74) is 3.91.